The van der Waals surface area contributed by atoms with Crippen LogP contribution in [0.4, 0.5) is 11.4 Å². The van der Waals surface area contributed by atoms with Crippen LogP contribution in [0.25, 0.3) is 0 Å². The number of nitrogens with two attached hydrogens (primary N) is 1. The van der Waals surface area contributed by atoms with Gasteiger partial charge in [0.15, 0.2) is 0 Å². The van der Waals surface area contributed by atoms with E-state index in [0.29, 0.717) is 5.69 Å². The molecule has 0 spiro atoms. The lowest BCUT2D eigenvalue weighted by atomic mass is 10.2. The Bertz CT molecular complexity index is 520. The van der Waals surface area contributed by atoms with Crippen molar-refractivity contribution in [3.05, 3.63) is 51.2 Å². The van der Waals surface area contributed by atoms with Crippen LogP contribution in [0.2, 0.25) is 0 Å². The molecule has 1 heterocycles. The van der Waals surface area contributed by atoms with Crippen LogP contribution >= 0.6 is 31.9 Å². The normalized spacial score (nSPS) is 10.4. The van der Waals surface area contributed by atoms with Gasteiger partial charge in [-0.1, -0.05) is 28.1 Å². The second-order valence-corrected chi connectivity index (χ2v) is 5.81. The number of benzene rings is 1. The summed E-state index contributed by atoms with van der Waals surface area (Å²) in [5, 5.41) is 0. The van der Waals surface area contributed by atoms with Crippen molar-refractivity contribution in [1.29, 1.82) is 0 Å². The molecule has 1 aromatic carbocycles. The van der Waals surface area contributed by atoms with Crippen molar-refractivity contribution in [3.63, 3.8) is 0 Å². The minimum absolute atomic E-state index is 0.670. The molecule has 0 amide bonds. The topological polar surface area (TPSA) is 42.1 Å². The summed E-state index contributed by atoms with van der Waals surface area (Å²) < 4.78 is 1.99. The van der Waals surface area contributed by atoms with Crippen LogP contribution in [0, 0.1) is 0 Å². The van der Waals surface area contributed by atoms with E-state index >= 15 is 0 Å². The van der Waals surface area contributed by atoms with E-state index in [1.54, 1.807) is 12.4 Å². The van der Waals surface area contributed by atoms with Gasteiger partial charge >= 0.3 is 0 Å². The Morgan fingerprint density at radius 2 is 1.83 bits per heavy atom. The van der Waals surface area contributed by atoms with Gasteiger partial charge in [0.2, 0.25) is 0 Å². The number of nitrogen functional groups attached to an aromatic ring is 1. The third-order valence-electron chi connectivity index (χ3n) is 2.62. The summed E-state index contributed by atoms with van der Waals surface area (Å²) in [6.45, 7) is 0.792. The maximum Gasteiger partial charge on any atom is 0.0776 e. The number of rotatable bonds is 3. The molecule has 0 radical (unpaired) electrons. The van der Waals surface area contributed by atoms with E-state index in [4.69, 9.17) is 5.73 Å². The SMILES string of the molecule is CN(Cc1ccc(Br)cc1)c1c(N)cncc1Br. The fraction of sp³-hybridized carbons (Fsp3) is 0.154. The Kier molecular flexibility index (Phi) is 4.24. The van der Waals surface area contributed by atoms with Gasteiger partial charge in [-0.15, -0.1) is 0 Å². The molecule has 0 bridgehead atoms. The van der Waals surface area contributed by atoms with Gasteiger partial charge in [-0.2, -0.15) is 0 Å². The number of hydrogen-bond acceptors (Lipinski definition) is 3. The zero-order valence-corrected chi connectivity index (χ0v) is 13.1. The molecule has 0 aliphatic heterocycles. The Morgan fingerprint density at radius 3 is 2.44 bits per heavy atom. The van der Waals surface area contributed by atoms with Gasteiger partial charge in [0, 0.05) is 24.3 Å². The van der Waals surface area contributed by atoms with E-state index < -0.39 is 0 Å². The largest absolute Gasteiger partial charge is 0.396 e. The summed E-state index contributed by atoms with van der Waals surface area (Å²) in [4.78, 5) is 6.14. The average Bonchev–Trinajstić information content (AvgIpc) is 2.32. The van der Waals surface area contributed by atoms with Gasteiger partial charge in [-0.05, 0) is 33.6 Å². The number of pyridine rings is 1. The third kappa shape index (κ3) is 3.03. The number of aromatic nitrogens is 1. The smallest absolute Gasteiger partial charge is 0.0776 e. The molecule has 0 saturated carbocycles. The fourth-order valence-electron chi connectivity index (χ4n) is 1.79. The molecule has 3 nitrogen and oxygen atoms in total. The summed E-state index contributed by atoms with van der Waals surface area (Å²) in [5.41, 5.74) is 8.82. The molecular weight excluding hydrogens is 358 g/mol. The van der Waals surface area contributed by atoms with Gasteiger partial charge in [0.25, 0.3) is 0 Å². The lowest BCUT2D eigenvalue weighted by Crippen LogP contribution is -2.18. The van der Waals surface area contributed by atoms with Crippen LogP contribution in [0.1, 0.15) is 5.56 Å². The molecule has 1 aromatic heterocycles. The minimum atomic E-state index is 0.670. The van der Waals surface area contributed by atoms with Gasteiger partial charge in [-0.3, -0.25) is 4.98 Å². The minimum Gasteiger partial charge on any atom is -0.396 e. The van der Waals surface area contributed by atoms with Crippen LogP contribution in [0.15, 0.2) is 45.6 Å². The Hall–Kier alpha value is -1.07. The highest BCUT2D eigenvalue weighted by atomic mass is 79.9. The summed E-state index contributed by atoms with van der Waals surface area (Å²) in [7, 11) is 2.01. The first kappa shape index (κ1) is 13.4. The molecular formula is C13H13Br2N3. The van der Waals surface area contributed by atoms with Crippen molar-refractivity contribution in [3.8, 4) is 0 Å². The van der Waals surface area contributed by atoms with Crippen LogP contribution in [-0.2, 0) is 6.54 Å². The Labute approximate surface area is 123 Å². The van der Waals surface area contributed by atoms with Gasteiger partial charge in [0.1, 0.15) is 0 Å². The predicted octanol–water partition coefficient (Wildman–Crippen LogP) is 3.83. The van der Waals surface area contributed by atoms with E-state index in [9.17, 15) is 0 Å². The van der Waals surface area contributed by atoms with E-state index in [0.717, 1.165) is 21.2 Å². The molecule has 0 atom stereocenters. The first-order valence-corrected chi connectivity index (χ1v) is 7.01. The molecule has 2 aromatic rings. The van der Waals surface area contributed by atoms with Crippen molar-refractivity contribution < 1.29 is 0 Å². The highest BCUT2D eigenvalue weighted by molar-refractivity contribution is 9.10. The number of halogens is 2. The molecule has 0 fully saturated rings. The quantitative estimate of drug-likeness (QED) is 0.892. The monoisotopic (exact) mass is 369 g/mol. The van der Waals surface area contributed by atoms with Gasteiger partial charge < -0.3 is 10.6 Å². The number of hydrogen-bond donors (Lipinski definition) is 1. The van der Waals surface area contributed by atoms with Crippen molar-refractivity contribution >= 4 is 43.2 Å². The summed E-state index contributed by atoms with van der Waals surface area (Å²) in [6.07, 6.45) is 3.42. The molecule has 0 unspecified atom stereocenters. The predicted molar refractivity (Wildman–Crippen MR) is 82.6 cm³/mol. The molecule has 0 aliphatic rings. The number of nitrogens with zero attached hydrogens (tertiary/aromatic N) is 2. The van der Waals surface area contributed by atoms with E-state index in [-0.39, 0.29) is 0 Å². The maximum absolute atomic E-state index is 5.96. The molecule has 0 saturated heterocycles. The fourth-order valence-corrected chi connectivity index (χ4v) is 2.70. The first-order chi connectivity index (χ1) is 8.58. The van der Waals surface area contributed by atoms with E-state index in [1.165, 1.54) is 5.56 Å². The van der Waals surface area contributed by atoms with E-state index in [1.807, 2.05) is 19.2 Å². The summed E-state index contributed by atoms with van der Waals surface area (Å²) in [5.74, 6) is 0. The maximum atomic E-state index is 5.96. The second-order valence-electron chi connectivity index (χ2n) is 4.04. The first-order valence-electron chi connectivity index (χ1n) is 5.42. The summed E-state index contributed by atoms with van der Waals surface area (Å²) >= 11 is 6.91. The van der Waals surface area contributed by atoms with Crippen molar-refractivity contribution in [2.45, 2.75) is 6.54 Å². The third-order valence-corrected chi connectivity index (χ3v) is 3.72. The standard InChI is InChI=1S/C13H13Br2N3/c1-18(8-9-2-4-10(14)5-3-9)13-11(15)6-17-7-12(13)16/h2-7H,8,16H2,1H3. The van der Waals surface area contributed by atoms with Gasteiger partial charge in [0.05, 0.1) is 22.0 Å². The highest BCUT2D eigenvalue weighted by Gasteiger charge is 2.10. The van der Waals surface area contributed by atoms with Crippen LogP contribution < -0.4 is 10.6 Å². The Balaban J connectivity index is 2.22. The average molecular weight is 371 g/mol. The molecule has 0 aliphatic carbocycles. The van der Waals surface area contributed by atoms with Crippen molar-refractivity contribution in [2.24, 2.45) is 0 Å². The highest BCUT2D eigenvalue weighted by Crippen LogP contribution is 2.31. The van der Waals surface area contributed by atoms with Crippen molar-refractivity contribution in [2.75, 3.05) is 17.7 Å². The molecule has 94 valence electrons. The summed E-state index contributed by atoms with van der Waals surface area (Å²) in [6, 6.07) is 8.25. The molecule has 2 N–H and O–H groups in total. The Morgan fingerprint density at radius 1 is 1.17 bits per heavy atom. The molecule has 2 rings (SSSR count). The van der Waals surface area contributed by atoms with Crippen LogP contribution in [-0.4, -0.2) is 12.0 Å². The zero-order valence-electron chi connectivity index (χ0n) is 9.90. The molecule has 5 heteroatoms. The molecule has 18 heavy (non-hydrogen) atoms. The van der Waals surface area contributed by atoms with E-state index in [2.05, 4.69) is 53.9 Å². The zero-order chi connectivity index (χ0) is 13.1. The second kappa shape index (κ2) is 5.71. The number of anilines is 2. The lowest BCUT2D eigenvalue weighted by molar-refractivity contribution is 0.919. The van der Waals surface area contributed by atoms with Crippen LogP contribution in [0.5, 0.6) is 0 Å². The van der Waals surface area contributed by atoms with Gasteiger partial charge in [-0.25, -0.2) is 0 Å². The lowest BCUT2D eigenvalue weighted by Gasteiger charge is -2.22. The van der Waals surface area contributed by atoms with Crippen molar-refractivity contribution in [1.82, 2.24) is 4.98 Å². The van der Waals surface area contributed by atoms with Crippen LogP contribution in [0.3, 0.4) is 0 Å².